The Hall–Kier alpha value is -1.18. The second kappa shape index (κ2) is 6.72. The van der Waals surface area contributed by atoms with Crippen molar-refractivity contribution in [3.8, 4) is 0 Å². The van der Waals surface area contributed by atoms with Gasteiger partial charge in [-0.15, -0.1) is 11.3 Å². The summed E-state index contributed by atoms with van der Waals surface area (Å²) in [5.41, 5.74) is -0.321. The summed E-state index contributed by atoms with van der Waals surface area (Å²) in [4.78, 5) is 0.912. The highest BCUT2D eigenvalue weighted by molar-refractivity contribution is 8.13. The SMILES string of the molecule is O/N=C(\SCc1sccc1Cl)c1ccc(C(F)(F)F)cc1. The number of halogens is 4. The van der Waals surface area contributed by atoms with Crippen molar-refractivity contribution in [3.63, 3.8) is 0 Å². The molecule has 1 aromatic carbocycles. The fourth-order valence-electron chi connectivity index (χ4n) is 1.53. The van der Waals surface area contributed by atoms with Gasteiger partial charge in [-0.1, -0.05) is 40.7 Å². The van der Waals surface area contributed by atoms with Crippen molar-refractivity contribution in [2.24, 2.45) is 5.16 Å². The summed E-state index contributed by atoms with van der Waals surface area (Å²) in [6, 6.07) is 6.23. The quantitative estimate of drug-likeness (QED) is 0.343. The van der Waals surface area contributed by atoms with Crippen LogP contribution in [-0.4, -0.2) is 10.3 Å². The minimum absolute atomic E-state index is 0.244. The Morgan fingerprint density at radius 2 is 1.90 bits per heavy atom. The van der Waals surface area contributed by atoms with E-state index in [1.807, 2.05) is 5.38 Å². The van der Waals surface area contributed by atoms with Crippen molar-refractivity contribution in [1.82, 2.24) is 0 Å². The van der Waals surface area contributed by atoms with Gasteiger partial charge in [-0.2, -0.15) is 13.2 Å². The number of nitrogens with zero attached hydrogens (tertiary/aromatic N) is 1. The van der Waals surface area contributed by atoms with Crippen molar-refractivity contribution in [1.29, 1.82) is 0 Å². The Labute approximate surface area is 132 Å². The summed E-state index contributed by atoms with van der Waals surface area (Å²) in [6.07, 6.45) is -4.38. The van der Waals surface area contributed by atoms with Crippen LogP contribution >= 0.6 is 34.7 Å². The lowest BCUT2D eigenvalue weighted by atomic mass is 10.1. The zero-order chi connectivity index (χ0) is 15.5. The Balaban J connectivity index is 2.10. The fourth-order valence-corrected chi connectivity index (χ4v) is 3.73. The van der Waals surface area contributed by atoms with E-state index >= 15 is 0 Å². The van der Waals surface area contributed by atoms with Crippen molar-refractivity contribution in [3.05, 3.63) is 56.7 Å². The molecule has 1 aromatic heterocycles. The van der Waals surface area contributed by atoms with Gasteiger partial charge < -0.3 is 5.21 Å². The molecule has 2 rings (SSSR count). The molecule has 8 heteroatoms. The van der Waals surface area contributed by atoms with Crippen molar-refractivity contribution >= 4 is 39.7 Å². The normalized spacial score (nSPS) is 12.7. The van der Waals surface area contributed by atoms with Crippen LogP contribution in [0.1, 0.15) is 16.0 Å². The molecule has 0 radical (unpaired) electrons. The number of hydrogen-bond donors (Lipinski definition) is 1. The molecule has 0 spiro atoms. The first-order chi connectivity index (χ1) is 9.91. The van der Waals surface area contributed by atoms with Gasteiger partial charge in [0.25, 0.3) is 0 Å². The monoisotopic (exact) mass is 351 g/mol. The number of thioether (sulfide) groups is 1. The summed E-state index contributed by atoms with van der Waals surface area (Å²) in [6.45, 7) is 0. The van der Waals surface area contributed by atoms with E-state index in [4.69, 9.17) is 16.8 Å². The standard InChI is InChI=1S/C13H9ClF3NOS2/c14-10-5-6-20-11(10)7-21-12(18-19)8-1-3-9(4-2-8)13(15,16)17/h1-6,19H,7H2/b18-12-. The molecule has 0 saturated heterocycles. The molecule has 0 atom stereocenters. The Morgan fingerprint density at radius 3 is 2.38 bits per heavy atom. The highest BCUT2D eigenvalue weighted by atomic mass is 35.5. The lowest BCUT2D eigenvalue weighted by Gasteiger charge is -2.08. The Kier molecular flexibility index (Phi) is 5.18. The van der Waals surface area contributed by atoms with Gasteiger partial charge in [0.2, 0.25) is 0 Å². The number of oxime groups is 1. The van der Waals surface area contributed by atoms with Gasteiger partial charge in [-0.05, 0) is 23.6 Å². The molecule has 112 valence electrons. The first-order valence-corrected chi connectivity index (χ1v) is 7.90. The highest BCUT2D eigenvalue weighted by Crippen LogP contribution is 2.31. The first-order valence-electron chi connectivity index (χ1n) is 5.66. The summed E-state index contributed by atoms with van der Waals surface area (Å²) in [7, 11) is 0. The van der Waals surface area contributed by atoms with Crippen molar-refractivity contribution < 1.29 is 18.4 Å². The molecule has 2 aromatic rings. The number of benzene rings is 1. The van der Waals surface area contributed by atoms with E-state index in [1.54, 1.807) is 6.07 Å². The third kappa shape index (κ3) is 4.15. The molecular weight excluding hydrogens is 343 g/mol. The maximum Gasteiger partial charge on any atom is 0.416 e. The summed E-state index contributed by atoms with van der Waals surface area (Å²) in [5, 5.41) is 14.9. The molecule has 0 unspecified atom stereocenters. The lowest BCUT2D eigenvalue weighted by molar-refractivity contribution is -0.137. The van der Waals surface area contributed by atoms with E-state index in [2.05, 4.69) is 5.16 Å². The van der Waals surface area contributed by atoms with E-state index in [9.17, 15) is 13.2 Å². The van der Waals surface area contributed by atoms with Gasteiger partial charge in [0, 0.05) is 16.2 Å². The average Bonchev–Trinajstić information content (AvgIpc) is 2.85. The van der Waals surface area contributed by atoms with Crippen LogP contribution in [0.2, 0.25) is 5.02 Å². The topological polar surface area (TPSA) is 32.6 Å². The molecular formula is C13H9ClF3NOS2. The fraction of sp³-hybridized carbons (Fsp3) is 0.154. The van der Waals surface area contributed by atoms with Crippen LogP contribution in [0.3, 0.4) is 0 Å². The van der Waals surface area contributed by atoms with E-state index in [0.29, 0.717) is 16.3 Å². The highest BCUT2D eigenvalue weighted by Gasteiger charge is 2.30. The summed E-state index contributed by atoms with van der Waals surface area (Å²) >= 11 is 8.62. The van der Waals surface area contributed by atoms with Gasteiger partial charge in [0.15, 0.2) is 0 Å². The van der Waals surface area contributed by atoms with Crippen LogP contribution in [0.4, 0.5) is 13.2 Å². The largest absolute Gasteiger partial charge is 0.416 e. The third-order valence-corrected chi connectivity index (χ3v) is 5.17. The smallest absolute Gasteiger partial charge is 0.410 e. The van der Waals surface area contributed by atoms with E-state index in [-0.39, 0.29) is 5.04 Å². The van der Waals surface area contributed by atoms with Gasteiger partial charge in [-0.3, -0.25) is 0 Å². The third-order valence-electron chi connectivity index (χ3n) is 2.58. The van der Waals surface area contributed by atoms with Crippen LogP contribution < -0.4 is 0 Å². The van der Waals surface area contributed by atoms with Gasteiger partial charge in [0.1, 0.15) is 5.04 Å². The maximum absolute atomic E-state index is 12.5. The first kappa shape index (κ1) is 16.2. The molecule has 0 aliphatic heterocycles. The minimum Gasteiger partial charge on any atom is -0.410 e. The molecule has 0 amide bonds. The van der Waals surface area contributed by atoms with Gasteiger partial charge in [0.05, 0.1) is 10.6 Å². The summed E-state index contributed by atoms with van der Waals surface area (Å²) < 4.78 is 37.4. The van der Waals surface area contributed by atoms with Crippen LogP contribution in [0, 0.1) is 0 Å². The van der Waals surface area contributed by atoms with E-state index in [0.717, 1.165) is 17.0 Å². The van der Waals surface area contributed by atoms with Crippen LogP contribution in [0.5, 0.6) is 0 Å². The van der Waals surface area contributed by atoms with Gasteiger partial charge in [-0.25, -0.2) is 0 Å². The zero-order valence-corrected chi connectivity index (χ0v) is 12.8. The number of hydrogen-bond acceptors (Lipinski definition) is 4. The maximum atomic E-state index is 12.5. The number of alkyl halides is 3. The molecule has 1 N–H and O–H groups in total. The zero-order valence-electron chi connectivity index (χ0n) is 10.4. The molecule has 0 fully saturated rings. The second-order valence-corrected chi connectivity index (χ2v) is 6.33. The predicted molar refractivity (Wildman–Crippen MR) is 80.4 cm³/mol. The van der Waals surface area contributed by atoms with Crippen molar-refractivity contribution in [2.75, 3.05) is 0 Å². The lowest BCUT2D eigenvalue weighted by Crippen LogP contribution is -2.05. The average molecular weight is 352 g/mol. The van der Waals surface area contributed by atoms with Gasteiger partial charge >= 0.3 is 6.18 Å². The summed E-state index contributed by atoms with van der Waals surface area (Å²) in [5.74, 6) is 0.483. The van der Waals surface area contributed by atoms with Crippen molar-refractivity contribution in [2.45, 2.75) is 11.9 Å². The Morgan fingerprint density at radius 1 is 1.24 bits per heavy atom. The van der Waals surface area contributed by atoms with Crippen LogP contribution in [0.25, 0.3) is 0 Å². The molecule has 1 heterocycles. The molecule has 0 aliphatic carbocycles. The number of thiophene rings is 1. The van der Waals surface area contributed by atoms with Crippen LogP contribution in [-0.2, 0) is 11.9 Å². The second-order valence-electron chi connectivity index (χ2n) is 3.96. The molecule has 0 aliphatic rings. The predicted octanol–water partition coefficient (Wildman–Crippen LogP) is 5.49. The van der Waals surface area contributed by atoms with E-state index < -0.39 is 11.7 Å². The molecule has 21 heavy (non-hydrogen) atoms. The molecule has 0 bridgehead atoms. The molecule has 0 saturated carbocycles. The molecule has 2 nitrogen and oxygen atoms in total. The Bertz CT molecular complexity index is 638. The minimum atomic E-state index is -4.38. The number of rotatable bonds is 3. The van der Waals surface area contributed by atoms with E-state index in [1.165, 1.54) is 35.2 Å². The van der Waals surface area contributed by atoms with Crippen LogP contribution in [0.15, 0.2) is 40.9 Å².